The first-order chi connectivity index (χ1) is 8.81. The van der Waals surface area contributed by atoms with E-state index in [-0.39, 0.29) is 0 Å². The Morgan fingerprint density at radius 1 is 1.56 bits per heavy atom. The summed E-state index contributed by atoms with van der Waals surface area (Å²) in [7, 11) is 2.00. The second kappa shape index (κ2) is 6.86. The summed E-state index contributed by atoms with van der Waals surface area (Å²) in [4.78, 5) is 5.92. The van der Waals surface area contributed by atoms with Crippen LogP contribution in [-0.4, -0.2) is 56.2 Å². The van der Waals surface area contributed by atoms with E-state index in [0.29, 0.717) is 12.6 Å². The lowest BCUT2D eigenvalue weighted by Crippen LogP contribution is -2.43. The summed E-state index contributed by atoms with van der Waals surface area (Å²) in [5.41, 5.74) is 0. The van der Waals surface area contributed by atoms with E-state index in [1.165, 1.54) is 4.88 Å². The highest BCUT2D eigenvalue weighted by atomic mass is 32.1. The molecular formula is C13H19N3OS. The largest absolute Gasteiger partial charge is 0.379 e. The normalized spacial score (nSPS) is 18.7. The van der Waals surface area contributed by atoms with Gasteiger partial charge in [0.1, 0.15) is 0 Å². The van der Waals surface area contributed by atoms with Crippen molar-refractivity contribution in [2.75, 3.05) is 46.4 Å². The molecule has 0 spiro atoms. The van der Waals surface area contributed by atoms with E-state index in [1.807, 2.05) is 7.05 Å². The second-order valence-electron chi connectivity index (χ2n) is 4.53. The maximum Gasteiger partial charge on any atom is 0.0864 e. The highest BCUT2D eigenvalue weighted by Crippen LogP contribution is 2.26. The summed E-state index contributed by atoms with van der Waals surface area (Å²) in [6.45, 7) is 4.94. The highest BCUT2D eigenvalue weighted by Gasteiger charge is 2.24. The zero-order valence-electron chi connectivity index (χ0n) is 10.7. The molecule has 0 bridgehead atoms. The Bertz CT molecular complexity index is 381. The van der Waals surface area contributed by atoms with Crippen LogP contribution in [0.3, 0.4) is 0 Å². The molecule has 1 aromatic heterocycles. The third-order valence-corrected chi connectivity index (χ3v) is 4.16. The maximum absolute atomic E-state index is 8.77. The fourth-order valence-electron chi connectivity index (χ4n) is 2.24. The summed E-state index contributed by atoms with van der Waals surface area (Å²) in [6, 6.07) is 6.87. The molecule has 0 amide bonds. The van der Waals surface area contributed by atoms with Crippen LogP contribution in [0.4, 0.5) is 0 Å². The summed E-state index contributed by atoms with van der Waals surface area (Å²) in [5, 5.41) is 10.9. The molecule has 2 heterocycles. The van der Waals surface area contributed by atoms with Crippen LogP contribution >= 0.6 is 11.3 Å². The topological polar surface area (TPSA) is 39.5 Å². The highest BCUT2D eigenvalue weighted by molar-refractivity contribution is 7.10. The number of ether oxygens (including phenoxy) is 1. The molecule has 0 radical (unpaired) electrons. The first-order valence-corrected chi connectivity index (χ1v) is 7.10. The third kappa shape index (κ3) is 3.53. The van der Waals surface area contributed by atoms with Gasteiger partial charge in [-0.15, -0.1) is 11.3 Å². The molecule has 1 saturated heterocycles. The number of nitriles is 1. The lowest BCUT2D eigenvalue weighted by atomic mass is 10.1. The number of thiophene rings is 1. The van der Waals surface area contributed by atoms with Gasteiger partial charge in [-0.2, -0.15) is 5.26 Å². The standard InChI is InChI=1S/C13H19N3OS/c1-15(5-4-14)11-12(13-3-2-10-18-13)16-6-8-17-9-7-16/h2-3,10,12H,5-9,11H2,1H3/t12-/m0/s1. The Morgan fingerprint density at radius 3 is 2.94 bits per heavy atom. The second-order valence-corrected chi connectivity index (χ2v) is 5.51. The minimum absolute atomic E-state index is 0.382. The predicted octanol–water partition coefficient (Wildman–Crippen LogP) is 1.58. The Balaban J connectivity index is 2.05. The molecule has 1 aliphatic rings. The van der Waals surface area contributed by atoms with Gasteiger partial charge in [-0.05, 0) is 18.5 Å². The van der Waals surface area contributed by atoms with E-state index in [4.69, 9.17) is 10.00 Å². The first-order valence-electron chi connectivity index (χ1n) is 6.22. The number of rotatable bonds is 5. The van der Waals surface area contributed by atoms with Crippen LogP contribution in [0.1, 0.15) is 10.9 Å². The van der Waals surface area contributed by atoms with Gasteiger partial charge in [-0.25, -0.2) is 0 Å². The van der Waals surface area contributed by atoms with Crippen LogP contribution in [0.25, 0.3) is 0 Å². The number of hydrogen-bond acceptors (Lipinski definition) is 5. The van der Waals surface area contributed by atoms with Gasteiger partial charge in [-0.1, -0.05) is 6.07 Å². The lowest BCUT2D eigenvalue weighted by molar-refractivity contribution is 0.0109. The summed E-state index contributed by atoms with van der Waals surface area (Å²) in [6.07, 6.45) is 0. The molecule has 4 nitrogen and oxygen atoms in total. The van der Waals surface area contributed by atoms with Gasteiger partial charge in [0, 0.05) is 24.5 Å². The SMILES string of the molecule is CN(CC#N)C[C@@H](c1cccs1)N1CCOCC1. The van der Waals surface area contributed by atoms with Crippen LogP contribution in [0.15, 0.2) is 17.5 Å². The Hall–Kier alpha value is -0.930. The molecule has 2 rings (SSSR count). The summed E-state index contributed by atoms with van der Waals surface area (Å²) >= 11 is 1.79. The average Bonchev–Trinajstić information content (AvgIpc) is 2.91. The molecule has 1 aromatic rings. The van der Waals surface area contributed by atoms with E-state index < -0.39 is 0 Å². The zero-order valence-corrected chi connectivity index (χ0v) is 11.5. The van der Waals surface area contributed by atoms with E-state index in [1.54, 1.807) is 11.3 Å². The van der Waals surface area contributed by atoms with Gasteiger partial charge in [0.15, 0.2) is 0 Å². The van der Waals surface area contributed by atoms with Crippen molar-refractivity contribution in [3.63, 3.8) is 0 Å². The molecule has 0 N–H and O–H groups in total. The van der Waals surface area contributed by atoms with Gasteiger partial charge in [-0.3, -0.25) is 9.80 Å². The van der Waals surface area contributed by atoms with Gasteiger partial charge < -0.3 is 4.74 Å². The van der Waals surface area contributed by atoms with Crippen LogP contribution < -0.4 is 0 Å². The van der Waals surface area contributed by atoms with Crippen molar-refractivity contribution in [3.8, 4) is 6.07 Å². The number of likely N-dealkylation sites (N-methyl/N-ethyl adjacent to an activating group) is 1. The number of nitrogens with zero attached hydrogens (tertiary/aromatic N) is 3. The quantitative estimate of drug-likeness (QED) is 0.758. The number of morpholine rings is 1. The van der Waals surface area contributed by atoms with Gasteiger partial charge in [0.25, 0.3) is 0 Å². The monoisotopic (exact) mass is 265 g/mol. The Labute approximate surface area is 112 Å². The molecule has 1 aliphatic heterocycles. The molecule has 0 saturated carbocycles. The minimum Gasteiger partial charge on any atom is -0.379 e. The van der Waals surface area contributed by atoms with Crippen molar-refractivity contribution >= 4 is 11.3 Å². The molecule has 0 aliphatic carbocycles. The van der Waals surface area contributed by atoms with Gasteiger partial charge in [0.2, 0.25) is 0 Å². The van der Waals surface area contributed by atoms with Crippen molar-refractivity contribution in [3.05, 3.63) is 22.4 Å². The Kier molecular flexibility index (Phi) is 5.14. The van der Waals surface area contributed by atoms with E-state index in [2.05, 4.69) is 33.4 Å². The molecule has 1 fully saturated rings. The molecule has 0 aromatic carbocycles. The van der Waals surface area contributed by atoms with E-state index >= 15 is 0 Å². The molecule has 0 unspecified atom stereocenters. The molecule has 18 heavy (non-hydrogen) atoms. The number of hydrogen-bond donors (Lipinski definition) is 0. The molecule has 5 heteroatoms. The van der Waals surface area contributed by atoms with Crippen LogP contribution in [0, 0.1) is 11.3 Å². The van der Waals surface area contributed by atoms with Crippen LogP contribution in [0.2, 0.25) is 0 Å². The molecule has 98 valence electrons. The smallest absolute Gasteiger partial charge is 0.0864 e. The van der Waals surface area contributed by atoms with Crippen molar-refractivity contribution in [1.82, 2.24) is 9.80 Å². The van der Waals surface area contributed by atoms with E-state index in [0.717, 1.165) is 32.8 Å². The van der Waals surface area contributed by atoms with Crippen LogP contribution in [-0.2, 0) is 4.74 Å². The van der Waals surface area contributed by atoms with Gasteiger partial charge >= 0.3 is 0 Å². The molecule has 1 atom stereocenters. The Morgan fingerprint density at radius 2 is 2.33 bits per heavy atom. The van der Waals surface area contributed by atoms with Crippen molar-refractivity contribution in [2.24, 2.45) is 0 Å². The average molecular weight is 265 g/mol. The van der Waals surface area contributed by atoms with Crippen molar-refractivity contribution < 1.29 is 4.74 Å². The lowest BCUT2D eigenvalue weighted by Gasteiger charge is -2.35. The molecular weight excluding hydrogens is 246 g/mol. The fraction of sp³-hybridized carbons (Fsp3) is 0.615. The minimum atomic E-state index is 0.382. The van der Waals surface area contributed by atoms with Crippen LogP contribution in [0.5, 0.6) is 0 Å². The van der Waals surface area contributed by atoms with Crippen molar-refractivity contribution in [2.45, 2.75) is 6.04 Å². The van der Waals surface area contributed by atoms with E-state index in [9.17, 15) is 0 Å². The first kappa shape index (κ1) is 13.5. The predicted molar refractivity (Wildman–Crippen MR) is 72.6 cm³/mol. The summed E-state index contributed by atoms with van der Waals surface area (Å²) in [5.74, 6) is 0. The summed E-state index contributed by atoms with van der Waals surface area (Å²) < 4.78 is 5.42. The van der Waals surface area contributed by atoms with Crippen molar-refractivity contribution in [1.29, 1.82) is 5.26 Å². The third-order valence-electron chi connectivity index (χ3n) is 3.18. The maximum atomic E-state index is 8.77. The zero-order chi connectivity index (χ0) is 12.8. The van der Waals surface area contributed by atoms with Gasteiger partial charge in [0.05, 0.1) is 31.9 Å². The fourth-order valence-corrected chi connectivity index (χ4v) is 3.09.